The van der Waals surface area contributed by atoms with Crippen LogP contribution in [0, 0.1) is 11.7 Å². The number of hydrogen-bond donors (Lipinski definition) is 0. The van der Waals surface area contributed by atoms with Gasteiger partial charge in [0.2, 0.25) is 11.8 Å². The Morgan fingerprint density at radius 1 is 1.32 bits per heavy atom. The molecule has 2 atom stereocenters. The fourth-order valence-corrected chi connectivity index (χ4v) is 2.91. The highest BCUT2D eigenvalue weighted by atomic mass is 19.1. The van der Waals surface area contributed by atoms with E-state index in [1.54, 1.807) is 29.0 Å². The lowest BCUT2D eigenvalue weighted by atomic mass is 9.95. The van der Waals surface area contributed by atoms with Gasteiger partial charge in [0, 0.05) is 27.1 Å². The Labute approximate surface area is 130 Å². The molecule has 1 aromatic carbocycles. The van der Waals surface area contributed by atoms with E-state index in [4.69, 9.17) is 0 Å². The van der Waals surface area contributed by atoms with Crippen molar-refractivity contribution in [2.24, 2.45) is 5.92 Å². The summed E-state index contributed by atoms with van der Waals surface area (Å²) in [6.07, 6.45) is 1.66. The van der Waals surface area contributed by atoms with Gasteiger partial charge in [-0.1, -0.05) is 12.1 Å². The molecule has 1 aromatic rings. The van der Waals surface area contributed by atoms with E-state index in [0.717, 1.165) is 24.9 Å². The number of carbonyl (C=O) groups is 2. The number of halogens is 1. The number of piperidine rings is 1. The molecule has 0 bridgehead atoms. The third-order valence-corrected chi connectivity index (χ3v) is 4.50. The van der Waals surface area contributed by atoms with E-state index < -0.39 is 0 Å². The van der Waals surface area contributed by atoms with Crippen molar-refractivity contribution >= 4 is 11.8 Å². The van der Waals surface area contributed by atoms with E-state index in [1.165, 1.54) is 19.1 Å². The average Bonchev–Trinajstić information content (AvgIpc) is 2.53. The van der Waals surface area contributed by atoms with Gasteiger partial charge in [-0.15, -0.1) is 0 Å². The number of likely N-dealkylation sites (tertiary alicyclic amines) is 1. The van der Waals surface area contributed by atoms with Gasteiger partial charge in [-0.25, -0.2) is 4.39 Å². The highest BCUT2D eigenvalue weighted by Crippen LogP contribution is 2.24. The SMILES string of the molecule is CC(=O)N1CCCC(C(=O)N(C)C(C)c2ccc(F)cc2)C1. The topological polar surface area (TPSA) is 40.6 Å². The fourth-order valence-electron chi connectivity index (χ4n) is 2.91. The van der Waals surface area contributed by atoms with Gasteiger partial charge < -0.3 is 9.80 Å². The van der Waals surface area contributed by atoms with Crippen LogP contribution in [0.5, 0.6) is 0 Å². The standard InChI is InChI=1S/C17H23FN2O2/c1-12(14-6-8-16(18)9-7-14)19(3)17(22)15-5-4-10-20(11-15)13(2)21/h6-9,12,15H,4-5,10-11H2,1-3H3. The molecule has 0 saturated carbocycles. The molecule has 1 aliphatic heterocycles. The zero-order valence-corrected chi connectivity index (χ0v) is 13.4. The maximum atomic E-state index is 13.0. The number of benzene rings is 1. The molecular formula is C17H23FN2O2. The van der Waals surface area contributed by atoms with Crippen LogP contribution in [-0.2, 0) is 9.59 Å². The van der Waals surface area contributed by atoms with Crippen molar-refractivity contribution in [1.82, 2.24) is 9.80 Å². The van der Waals surface area contributed by atoms with Gasteiger partial charge in [-0.2, -0.15) is 0 Å². The van der Waals surface area contributed by atoms with E-state index in [1.807, 2.05) is 6.92 Å². The van der Waals surface area contributed by atoms with Crippen molar-refractivity contribution < 1.29 is 14.0 Å². The summed E-state index contributed by atoms with van der Waals surface area (Å²) in [6.45, 7) is 4.69. The van der Waals surface area contributed by atoms with Gasteiger partial charge in [0.25, 0.3) is 0 Å². The van der Waals surface area contributed by atoms with Gasteiger partial charge in [0.05, 0.1) is 12.0 Å². The summed E-state index contributed by atoms with van der Waals surface area (Å²) >= 11 is 0. The van der Waals surface area contributed by atoms with Gasteiger partial charge >= 0.3 is 0 Å². The van der Waals surface area contributed by atoms with Crippen molar-refractivity contribution in [1.29, 1.82) is 0 Å². The average molecular weight is 306 g/mol. The molecule has 0 aliphatic carbocycles. The Balaban J connectivity index is 2.04. The van der Waals surface area contributed by atoms with Crippen LogP contribution in [0.1, 0.15) is 38.3 Å². The first-order valence-corrected chi connectivity index (χ1v) is 7.67. The van der Waals surface area contributed by atoms with E-state index in [2.05, 4.69) is 0 Å². The third-order valence-electron chi connectivity index (χ3n) is 4.50. The van der Waals surface area contributed by atoms with Crippen LogP contribution in [0.3, 0.4) is 0 Å². The van der Waals surface area contributed by atoms with Crippen molar-refractivity contribution in [2.45, 2.75) is 32.7 Å². The minimum Gasteiger partial charge on any atom is -0.342 e. The molecule has 2 amide bonds. The van der Waals surface area contributed by atoms with Crippen LogP contribution in [0.2, 0.25) is 0 Å². The molecule has 1 heterocycles. The molecule has 120 valence electrons. The molecule has 2 unspecified atom stereocenters. The molecule has 22 heavy (non-hydrogen) atoms. The van der Waals surface area contributed by atoms with Crippen LogP contribution >= 0.6 is 0 Å². The summed E-state index contributed by atoms with van der Waals surface area (Å²) in [7, 11) is 1.77. The number of amides is 2. The molecule has 0 N–H and O–H groups in total. The van der Waals surface area contributed by atoms with Crippen molar-refractivity contribution in [3.05, 3.63) is 35.6 Å². The lowest BCUT2D eigenvalue weighted by Crippen LogP contribution is -2.45. The first-order chi connectivity index (χ1) is 10.4. The summed E-state index contributed by atoms with van der Waals surface area (Å²) in [6, 6.07) is 6.09. The molecule has 1 fully saturated rings. The normalized spacial score (nSPS) is 19.6. The summed E-state index contributed by atoms with van der Waals surface area (Å²) in [5.41, 5.74) is 0.900. The smallest absolute Gasteiger partial charge is 0.227 e. The minimum atomic E-state index is -0.283. The van der Waals surface area contributed by atoms with Crippen LogP contribution in [-0.4, -0.2) is 41.8 Å². The highest BCUT2D eigenvalue weighted by molar-refractivity contribution is 5.81. The first kappa shape index (κ1) is 16.5. The molecule has 5 heteroatoms. The monoisotopic (exact) mass is 306 g/mol. The van der Waals surface area contributed by atoms with Gasteiger partial charge in [0.15, 0.2) is 0 Å². The summed E-state index contributed by atoms with van der Waals surface area (Å²) in [5, 5.41) is 0. The zero-order chi connectivity index (χ0) is 16.3. The second kappa shape index (κ2) is 6.90. The molecule has 1 aliphatic rings. The second-order valence-corrected chi connectivity index (χ2v) is 5.98. The Morgan fingerprint density at radius 2 is 1.95 bits per heavy atom. The van der Waals surface area contributed by atoms with Crippen molar-refractivity contribution in [3.63, 3.8) is 0 Å². The lowest BCUT2D eigenvalue weighted by Gasteiger charge is -2.35. The van der Waals surface area contributed by atoms with Crippen LogP contribution < -0.4 is 0 Å². The fraction of sp³-hybridized carbons (Fsp3) is 0.529. The van der Waals surface area contributed by atoms with Gasteiger partial charge in [-0.3, -0.25) is 9.59 Å². The first-order valence-electron chi connectivity index (χ1n) is 7.67. The van der Waals surface area contributed by atoms with Crippen molar-refractivity contribution in [2.75, 3.05) is 20.1 Å². The largest absolute Gasteiger partial charge is 0.342 e. The maximum absolute atomic E-state index is 13.0. The number of hydrogen-bond acceptors (Lipinski definition) is 2. The predicted octanol–water partition coefficient (Wildman–Crippen LogP) is 2.60. The molecule has 4 nitrogen and oxygen atoms in total. The van der Waals surface area contributed by atoms with E-state index in [-0.39, 0.29) is 29.6 Å². The van der Waals surface area contributed by atoms with E-state index in [9.17, 15) is 14.0 Å². The molecule has 2 rings (SSSR count). The van der Waals surface area contributed by atoms with Crippen LogP contribution in [0.25, 0.3) is 0 Å². The Hall–Kier alpha value is -1.91. The van der Waals surface area contributed by atoms with E-state index in [0.29, 0.717) is 6.54 Å². The van der Waals surface area contributed by atoms with Gasteiger partial charge in [0.1, 0.15) is 5.82 Å². The highest BCUT2D eigenvalue weighted by Gasteiger charge is 2.30. The number of rotatable bonds is 3. The lowest BCUT2D eigenvalue weighted by molar-refractivity contribution is -0.140. The number of nitrogens with zero attached hydrogens (tertiary/aromatic N) is 2. The molecule has 1 saturated heterocycles. The third kappa shape index (κ3) is 3.64. The summed E-state index contributed by atoms with van der Waals surface area (Å²) < 4.78 is 13.0. The van der Waals surface area contributed by atoms with Crippen LogP contribution in [0.15, 0.2) is 24.3 Å². The minimum absolute atomic E-state index is 0.0201. The molecule has 0 spiro atoms. The Bertz CT molecular complexity index is 544. The van der Waals surface area contributed by atoms with Crippen molar-refractivity contribution in [3.8, 4) is 0 Å². The second-order valence-electron chi connectivity index (χ2n) is 5.98. The molecular weight excluding hydrogens is 283 g/mol. The number of carbonyl (C=O) groups excluding carboxylic acids is 2. The van der Waals surface area contributed by atoms with Gasteiger partial charge in [-0.05, 0) is 37.5 Å². The molecule has 0 radical (unpaired) electrons. The van der Waals surface area contributed by atoms with Crippen LogP contribution in [0.4, 0.5) is 4.39 Å². The Morgan fingerprint density at radius 3 is 2.55 bits per heavy atom. The zero-order valence-electron chi connectivity index (χ0n) is 13.4. The molecule has 0 aromatic heterocycles. The Kier molecular flexibility index (Phi) is 5.16. The maximum Gasteiger partial charge on any atom is 0.227 e. The van der Waals surface area contributed by atoms with E-state index >= 15 is 0 Å². The summed E-state index contributed by atoms with van der Waals surface area (Å²) in [5.74, 6) is -0.366. The quantitative estimate of drug-likeness (QED) is 0.861. The predicted molar refractivity (Wildman–Crippen MR) is 82.6 cm³/mol. The summed E-state index contributed by atoms with van der Waals surface area (Å²) in [4.78, 5) is 27.6.